The first-order chi connectivity index (χ1) is 8.58. The predicted octanol–water partition coefficient (Wildman–Crippen LogP) is 2.22. The third-order valence-corrected chi connectivity index (χ3v) is 2.56. The number of ether oxygens (including phenoxy) is 1. The molecule has 18 heavy (non-hydrogen) atoms. The molecule has 0 aliphatic rings. The van der Waals surface area contributed by atoms with Crippen molar-refractivity contribution in [1.29, 1.82) is 0 Å². The summed E-state index contributed by atoms with van der Waals surface area (Å²) >= 11 is 0. The van der Waals surface area contributed by atoms with Gasteiger partial charge in [-0.2, -0.15) is 5.10 Å². The molecule has 0 amide bonds. The van der Waals surface area contributed by atoms with E-state index in [1.54, 1.807) is 22.9 Å². The van der Waals surface area contributed by atoms with Crippen molar-refractivity contribution in [3.8, 4) is 5.75 Å². The van der Waals surface area contributed by atoms with Crippen LogP contribution in [0.25, 0.3) is 0 Å². The number of aryl methyl sites for hydroxylation is 2. The molecule has 1 aromatic carbocycles. The normalized spacial score (nSPS) is 10.3. The highest BCUT2D eigenvalue weighted by Crippen LogP contribution is 2.26. The standard InChI is InChI=1S/C12H13N3O3/c1-9-10(7-14(2)13-9)8-18-12-6-4-3-5-11(12)15(16)17/h3-7H,8H2,1-2H3. The molecule has 0 spiro atoms. The fraction of sp³-hybridized carbons (Fsp3) is 0.250. The maximum absolute atomic E-state index is 10.8. The van der Waals surface area contributed by atoms with E-state index < -0.39 is 4.92 Å². The van der Waals surface area contributed by atoms with Gasteiger partial charge < -0.3 is 4.74 Å². The van der Waals surface area contributed by atoms with E-state index in [2.05, 4.69) is 5.10 Å². The Morgan fingerprint density at radius 2 is 2.17 bits per heavy atom. The highest BCUT2D eigenvalue weighted by molar-refractivity contribution is 5.45. The summed E-state index contributed by atoms with van der Waals surface area (Å²) < 4.78 is 7.17. The van der Waals surface area contributed by atoms with Gasteiger partial charge in [0.05, 0.1) is 10.6 Å². The van der Waals surface area contributed by atoms with E-state index in [1.165, 1.54) is 6.07 Å². The molecule has 0 saturated heterocycles. The monoisotopic (exact) mass is 247 g/mol. The van der Waals surface area contributed by atoms with Crippen LogP contribution in [0.2, 0.25) is 0 Å². The summed E-state index contributed by atoms with van der Waals surface area (Å²) in [5, 5.41) is 15.0. The summed E-state index contributed by atoms with van der Waals surface area (Å²) in [5.74, 6) is 0.269. The largest absolute Gasteiger partial charge is 0.482 e. The third-order valence-electron chi connectivity index (χ3n) is 2.56. The van der Waals surface area contributed by atoms with Crippen molar-refractivity contribution in [3.05, 3.63) is 51.8 Å². The molecule has 1 heterocycles. The second kappa shape index (κ2) is 4.87. The van der Waals surface area contributed by atoms with Gasteiger partial charge in [0.2, 0.25) is 0 Å². The second-order valence-electron chi connectivity index (χ2n) is 3.93. The molecule has 0 radical (unpaired) electrons. The highest BCUT2D eigenvalue weighted by Gasteiger charge is 2.14. The average Bonchev–Trinajstić information content (AvgIpc) is 2.65. The van der Waals surface area contributed by atoms with Crippen molar-refractivity contribution in [2.24, 2.45) is 7.05 Å². The number of nitro groups is 1. The van der Waals surface area contributed by atoms with Crippen LogP contribution < -0.4 is 4.74 Å². The smallest absolute Gasteiger partial charge is 0.310 e. The zero-order valence-electron chi connectivity index (χ0n) is 10.2. The van der Waals surface area contributed by atoms with Gasteiger partial charge >= 0.3 is 5.69 Å². The van der Waals surface area contributed by atoms with Crippen LogP contribution in [0.3, 0.4) is 0 Å². The molecule has 0 N–H and O–H groups in total. The van der Waals surface area contributed by atoms with Gasteiger partial charge in [-0.15, -0.1) is 0 Å². The van der Waals surface area contributed by atoms with Crippen LogP contribution in [0.5, 0.6) is 5.75 Å². The Morgan fingerprint density at radius 1 is 1.44 bits per heavy atom. The van der Waals surface area contributed by atoms with E-state index in [0.29, 0.717) is 0 Å². The van der Waals surface area contributed by atoms with Crippen molar-refractivity contribution >= 4 is 5.69 Å². The summed E-state index contributed by atoms with van der Waals surface area (Å²) in [7, 11) is 1.82. The van der Waals surface area contributed by atoms with E-state index in [1.807, 2.05) is 20.2 Å². The predicted molar refractivity (Wildman–Crippen MR) is 65.4 cm³/mol. The SMILES string of the molecule is Cc1nn(C)cc1COc1ccccc1[N+](=O)[O-]. The van der Waals surface area contributed by atoms with Gasteiger partial charge in [0.25, 0.3) is 0 Å². The van der Waals surface area contributed by atoms with Gasteiger partial charge in [0.15, 0.2) is 5.75 Å². The van der Waals surface area contributed by atoms with Gasteiger partial charge in [-0.1, -0.05) is 12.1 Å². The van der Waals surface area contributed by atoms with Gasteiger partial charge in [-0.05, 0) is 13.0 Å². The Bertz CT molecular complexity index is 578. The van der Waals surface area contributed by atoms with Crippen molar-refractivity contribution in [2.75, 3.05) is 0 Å². The fourth-order valence-electron chi connectivity index (χ4n) is 1.68. The zero-order chi connectivity index (χ0) is 13.1. The number of benzene rings is 1. The lowest BCUT2D eigenvalue weighted by Crippen LogP contribution is -1.99. The van der Waals surface area contributed by atoms with E-state index in [-0.39, 0.29) is 18.0 Å². The number of aromatic nitrogens is 2. The van der Waals surface area contributed by atoms with E-state index >= 15 is 0 Å². The lowest BCUT2D eigenvalue weighted by atomic mass is 10.2. The number of nitrogens with zero attached hydrogens (tertiary/aromatic N) is 3. The van der Waals surface area contributed by atoms with Crippen molar-refractivity contribution in [3.63, 3.8) is 0 Å². The fourth-order valence-corrected chi connectivity index (χ4v) is 1.68. The first-order valence-electron chi connectivity index (χ1n) is 5.43. The number of rotatable bonds is 4. The molecule has 0 bridgehead atoms. The molecule has 0 unspecified atom stereocenters. The van der Waals surface area contributed by atoms with E-state index in [4.69, 9.17) is 4.74 Å². The van der Waals surface area contributed by atoms with Crippen LogP contribution in [-0.2, 0) is 13.7 Å². The van der Waals surface area contributed by atoms with Crippen LogP contribution >= 0.6 is 0 Å². The molecule has 6 heteroatoms. The lowest BCUT2D eigenvalue weighted by Gasteiger charge is -2.05. The molecular formula is C12H13N3O3. The first-order valence-corrected chi connectivity index (χ1v) is 5.43. The number of hydrogen-bond donors (Lipinski definition) is 0. The van der Waals surface area contributed by atoms with Crippen LogP contribution in [0.4, 0.5) is 5.69 Å². The minimum Gasteiger partial charge on any atom is -0.482 e. The average molecular weight is 247 g/mol. The maximum atomic E-state index is 10.8. The zero-order valence-corrected chi connectivity index (χ0v) is 10.2. The molecular weight excluding hydrogens is 234 g/mol. The molecule has 1 aromatic heterocycles. The molecule has 2 rings (SSSR count). The number of hydrogen-bond acceptors (Lipinski definition) is 4. The van der Waals surface area contributed by atoms with Gasteiger partial charge in [0, 0.05) is 24.9 Å². The lowest BCUT2D eigenvalue weighted by molar-refractivity contribution is -0.385. The summed E-state index contributed by atoms with van der Waals surface area (Å²) in [4.78, 5) is 10.4. The quantitative estimate of drug-likeness (QED) is 0.613. The Morgan fingerprint density at radius 3 is 2.78 bits per heavy atom. The summed E-state index contributed by atoms with van der Waals surface area (Å²) in [6.45, 7) is 2.14. The molecule has 0 aliphatic heterocycles. The summed E-state index contributed by atoms with van der Waals surface area (Å²) in [6, 6.07) is 6.33. The number of para-hydroxylation sites is 2. The number of nitro benzene ring substituents is 1. The van der Waals surface area contributed by atoms with Gasteiger partial charge in [0.1, 0.15) is 6.61 Å². The van der Waals surface area contributed by atoms with Crippen molar-refractivity contribution in [2.45, 2.75) is 13.5 Å². The Hall–Kier alpha value is -2.37. The molecule has 0 fully saturated rings. The van der Waals surface area contributed by atoms with Gasteiger partial charge in [-0.3, -0.25) is 14.8 Å². The molecule has 6 nitrogen and oxygen atoms in total. The minimum atomic E-state index is -0.453. The van der Waals surface area contributed by atoms with Crippen LogP contribution in [0, 0.1) is 17.0 Å². The maximum Gasteiger partial charge on any atom is 0.310 e. The van der Waals surface area contributed by atoms with Crippen molar-refractivity contribution < 1.29 is 9.66 Å². The minimum absolute atomic E-state index is 0.0287. The van der Waals surface area contributed by atoms with Crippen LogP contribution in [0.1, 0.15) is 11.3 Å². The molecule has 2 aromatic rings. The summed E-state index contributed by atoms with van der Waals surface area (Å²) in [6.07, 6.45) is 1.84. The molecule has 0 atom stereocenters. The topological polar surface area (TPSA) is 70.2 Å². The van der Waals surface area contributed by atoms with E-state index in [0.717, 1.165) is 11.3 Å². The van der Waals surface area contributed by atoms with Crippen LogP contribution in [0.15, 0.2) is 30.5 Å². The highest BCUT2D eigenvalue weighted by atomic mass is 16.6. The Kier molecular flexibility index (Phi) is 3.27. The molecule has 94 valence electrons. The van der Waals surface area contributed by atoms with Gasteiger partial charge in [-0.25, -0.2) is 0 Å². The molecule has 0 aliphatic carbocycles. The summed E-state index contributed by atoms with van der Waals surface area (Å²) in [5.41, 5.74) is 1.74. The Labute approximate surface area is 104 Å². The van der Waals surface area contributed by atoms with Crippen LogP contribution in [-0.4, -0.2) is 14.7 Å². The van der Waals surface area contributed by atoms with E-state index in [9.17, 15) is 10.1 Å². The van der Waals surface area contributed by atoms with Crippen molar-refractivity contribution in [1.82, 2.24) is 9.78 Å². The Balaban J connectivity index is 2.15. The molecule has 0 saturated carbocycles. The third kappa shape index (κ3) is 2.48. The first kappa shape index (κ1) is 12.1. The second-order valence-corrected chi connectivity index (χ2v) is 3.93.